The molecule has 0 aromatic rings. The average molecular weight is 453 g/mol. The Bertz CT molecular complexity index is 478. The Hall–Kier alpha value is 0.230. The number of hydrogen-bond donors (Lipinski definition) is 2. The Morgan fingerprint density at radius 3 is 2.52 bits per heavy atom. The molecule has 0 bridgehead atoms. The van der Waals surface area contributed by atoms with Crippen molar-refractivity contribution < 1.29 is 5.11 Å². The quantitative estimate of drug-likeness (QED) is 0.333. The van der Waals surface area contributed by atoms with Gasteiger partial charge in [0.1, 0.15) is 0 Å². The van der Waals surface area contributed by atoms with Crippen LogP contribution >= 0.6 is 11.8 Å². The Morgan fingerprint density at radius 1 is 1.00 bits per heavy atom. The van der Waals surface area contributed by atoms with E-state index in [2.05, 4.69) is 42.7 Å². The summed E-state index contributed by atoms with van der Waals surface area (Å²) in [6.07, 6.45) is 12.5. The van der Waals surface area contributed by atoms with E-state index in [9.17, 15) is 5.11 Å². The molecule has 2 N–H and O–H groups in total. The molecule has 0 amide bonds. The molecule has 6 atom stereocenters. The Morgan fingerprint density at radius 2 is 1.81 bits per heavy atom. The van der Waals surface area contributed by atoms with Crippen molar-refractivity contribution in [3.8, 4) is 0 Å². The zero-order valence-electron chi connectivity index (χ0n) is 20.9. The van der Waals surface area contributed by atoms with Gasteiger partial charge in [0.15, 0.2) is 0 Å². The lowest BCUT2D eigenvalue weighted by atomic mass is 9.70. The van der Waals surface area contributed by atoms with E-state index in [1.165, 1.54) is 76.2 Å². The van der Waals surface area contributed by atoms with Crippen LogP contribution in [0, 0.1) is 35.5 Å². The number of hydrogen-bond acceptors (Lipinski definition) is 4. The second kappa shape index (κ2) is 13.8. The summed E-state index contributed by atoms with van der Waals surface area (Å²) in [5, 5.41) is 13.9. The summed E-state index contributed by atoms with van der Waals surface area (Å²) in [7, 11) is 0. The van der Waals surface area contributed by atoms with Crippen molar-refractivity contribution in [1.29, 1.82) is 0 Å². The van der Waals surface area contributed by atoms with Crippen molar-refractivity contribution in [2.75, 3.05) is 44.2 Å². The third kappa shape index (κ3) is 8.50. The van der Waals surface area contributed by atoms with Crippen molar-refractivity contribution in [2.24, 2.45) is 35.5 Å². The van der Waals surface area contributed by atoms with Crippen LogP contribution in [0.5, 0.6) is 0 Å². The second-order valence-corrected chi connectivity index (χ2v) is 12.5. The molecule has 4 heteroatoms. The van der Waals surface area contributed by atoms with Gasteiger partial charge in [0.05, 0.1) is 6.10 Å². The van der Waals surface area contributed by atoms with E-state index in [4.69, 9.17) is 0 Å². The van der Waals surface area contributed by atoms with Gasteiger partial charge in [0.25, 0.3) is 0 Å². The highest BCUT2D eigenvalue weighted by Crippen LogP contribution is 2.39. The molecule has 1 saturated carbocycles. The molecular weight excluding hydrogens is 400 g/mol. The second-order valence-electron chi connectivity index (χ2n) is 11.4. The normalized spacial score (nSPS) is 32.1. The molecule has 1 aliphatic carbocycles. The van der Waals surface area contributed by atoms with E-state index in [0.29, 0.717) is 0 Å². The van der Waals surface area contributed by atoms with E-state index < -0.39 is 0 Å². The lowest BCUT2D eigenvalue weighted by molar-refractivity contribution is 0.0517. The van der Waals surface area contributed by atoms with Crippen LogP contribution in [-0.2, 0) is 0 Å². The average Bonchev–Trinajstić information content (AvgIpc) is 3.25. The third-order valence-corrected chi connectivity index (χ3v) is 10.1. The first-order valence-electron chi connectivity index (χ1n) is 13.8. The maximum absolute atomic E-state index is 10.1. The molecule has 2 heterocycles. The summed E-state index contributed by atoms with van der Waals surface area (Å²) in [4.78, 5) is 2.75. The Kier molecular flexibility index (Phi) is 11.5. The molecule has 182 valence electrons. The zero-order valence-corrected chi connectivity index (χ0v) is 21.7. The largest absolute Gasteiger partial charge is 0.393 e. The smallest absolute Gasteiger partial charge is 0.0540 e. The molecule has 3 fully saturated rings. The molecule has 0 aromatic heterocycles. The van der Waals surface area contributed by atoms with Crippen LogP contribution in [0.1, 0.15) is 85.0 Å². The number of nitrogens with zero attached hydrogens (tertiary/aromatic N) is 1. The number of aliphatic hydroxyl groups excluding tert-OH is 1. The van der Waals surface area contributed by atoms with Gasteiger partial charge in [-0.3, -0.25) is 0 Å². The van der Waals surface area contributed by atoms with Gasteiger partial charge in [0, 0.05) is 13.1 Å². The Labute approximate surface area is 197 Å². The fourth-order valence-corrected chi connectivity index (χ4v) is 7.60. The molecule has 3 rings (SSSR count). The lowest BCUT2D eigenvalue weighted by Crippen LogP contribution is -2.51. The van der Waals surface area contributed by atoms with E-state index in [-0.39, 0.29) is 6.10 Å². The van der Waals surface area contributed by atoms with E-state index >= 15 is 0 Å². The van der Waals surface area contributed by atoms with E-state index in [1.54, 1.807) is 0 Å². The van der Waals surface area contributed by atoms with E-state index in [1.807, 2.05) is 0 Å². The minimum atomic E-state index is -0.0872. The molecule has 2 aliphatic heterocycles. The van der Waals surface area contributed by atoms with Crippen LogP contribution in [0.3, 0.4) is 0 Å². The molecule has 0 spiro atoms. The SMILES string of the molecule is CCCCC(O)CCCNCC(CCN1CC(C2CCSC2)C1)C1CCC(C)C(C)C1. The van der Waals surface area contributed by atoms with Gasteiger partial charge >= 0.3 is 0 Å². The van der Waals surface area contributed by atoms with E-state index in [0.717, 1.165) is 67.7 Å². The predicted octanol–water partition coefficient (Wildman–Crippen LogP) is 5.67. The molecule has 6 unspecified atom stereocenters. The topological polar surface area (TPSA) is 35.5 Å². The summed E-state index contributed by atoms with van der Waals surface area (Å²) >= 11 is 2.17. The highest BCUT2D eigenvalue weighted by Gasteiger charge is 2.36. The molecule has 2 saturated heterocycles. The number of aliphatic hydroxyl groups is 1. The van der Waals surface area contributed by atoms with Crippen LogP contribution in [-0.4, -0.2) is 60.3 Å². The maximum atomic E-state index is 10.1. The number of nitrogens with one attached hydrogen (secondary N) is 1. The summed E-state index contributed by atoms with van der Waals surface area (Å²) < 4.78 is 0. The van der Waals surface area contributed by atoms with Gasteiger partial charge in [-0.05, 0) is 112 Å². The molecule has 3 aliphatic rings. The van der Waals surface area contributed by atoms with Gasteiger partial charge in [-0.25, -0.2) is 0 Å². The first-order chi connectivity index (χ1) is 15.1. The number of thioether (sulfide) groups is 1. The number of likely N-dealkylation sites (tertiary alicyclic amines) is 1. The van der Waals surface area contributed by atoms with Crippen LogP contribution in [0.2, 0.25) is 0 Å². The highest BCUT2D eigenvalue weighted by molar-refractivity contribution is 7.99. The predicted molar refractivity (Wildman–Crippen MR) is 137 cm³/mol. The van der Waals surface area contributed by atoms with Crippen molar-refractivity contribution in [2.45, 2.75) is 91.1 Å². The van der Waals surface area contributed by atoms with Crippen molar-refractivity contribution >= 4 is 11.8 Å². The van der Waals surface area contributed by atoms with Crippen molar-refractivity contribution in [3.05, 3.63) is 0 Å². The molecule has 0 radical (unpaired) electrons. The highest BCUT2D eigenvalue weighted by atomic mass is 32.2. The van der Waals surface area contributed by atoms with Gasteiger partial charge in [-0.1, -0.05) is 40.0 Å². The zero-order chi connectivity index (χ0) is 22.1. The molecule has 0 aromatic carbocycles. The summed E-state index contributed by atoms with van der Waals surface area (Å²) in [6.45, 7) is 13.5. The molecular formula is C27H52N2OS. The van der Waals surface area contributed by atoms with Crippen molar-refractivity contribution in [1.82, 2.24) is 10.2 Å². The first kappa shape index (κ1) is 25.8. The first-order valence-corrected chi connectivity index (χ1v) is 14.9. The van der Waals surface area contributed by atoms with Gasteiger partial charge < -0.3 is 15.3 Å². The standard InChI is InChI=1S/C27H52N2OS/c1-4-5-7-27(30)8-6-13-28-17-24(23-10-9-21(2)22(3)16-23)11-14-29-18-26(19-29)25-12-15-31-20-25/h21-28,30H,4-20H2,1-3H3. The summed E-state index contributed by atoms with van der Waals surface area (Å²) in [5.41, 5.74) is 0. The molecule has 3 nitrogen and oxygen atoms in total. The maximum Gasteiger partial charge on any atom is 0.0540 e. The monoisotopic (exact) mass is 452 g/mol. The minimum Gasteiger partial charge on any atom is -0.393 e. The van der Waals surface area contributed by atoms with Crippen LogP contribution < -0.4 is 5.32 Å². The summed E-state index contributed by atoms with van der Waals surface area (Å²) in [6, 6.07) is 0. The van der Waals surface area contributed by atoms with Gasteiger partial charge in [-0.15, -0.1) is 0 Å². The van der Waals surface area contributed by atoms with Gasteiger partial charge in [0.2, 0.25) is 0 Å². The number of rotatable bonds is 14. The van der Waals surface area contributed by atoms with Crippen LogP contribution in [0.25, 0.3) is 0 Å². The summed E-state index contributed by atoms with van der Waals surface area (Å²) in [5.74, 6) is 8.41. The van der Waals surface area contributed by atoms with Gasteiger partial charge in [-0.2, -0.15) is 11.8 Å². The minimum absolute atomic E-state index is 0.0872. The fourth-order valence-electron chi connectivity index (χ4n) is 6.22. The fraction of sp³-hybridized carbons (Fsp3) is 1.00. The Balaban J connectivity index is 1.37. The third-order valence-electron chi connectivity index (χ3n) is 8.93. The number of unbranched alkanes of at least 4 members (excludes halogenated alkanes) is 1. The van der Waals surface area contributed by atoms with Crippen LogP contribution in [0.15, 0.2) is 0 Å². The van der Waals surface area contributed by atoms with Crippen LogP contribution in [0.4, 0.5) is 0 Å². The lowest BCUT2D eigenvalue weighted by Gasteiger charge is -2.44. The van der Waals surface area contributed by atoms with Crippen molar-refractivity contribution in [3.63, 3.8) is 0 Å². The molecule has 31 heavy (non-hydrogen) atoms.